The first kappa shape index (κ1) is 21.4. The molecule has 0 atom stereocenters. The Kier molecular flexibility index (Phi) is 7.54. The first-order valence-corrected chi connectivity index (χ1v) is 9.46. The molecular formula is C20H31N5O3. The molecule has 8 nitrogen and oxygen atoms in total. The molecule has 28 heavy (non-hydrogen) atoms. The zero-order chi connectivity index (χ0) is 20.7. The van der Waals surface area contributed by atoms with E-state index in [-0.39, 0.29) is 24.6 Å². The van der Waals surface area contributed by atoms with Crippen LogP contribution in [0.4, 0.5) is 11.4 Å². The monoisotopic (exact) mass is 389 g/mol. The summed E-state index contributed by atoms with van der Waals surface area (Å²) in [5, 5.41) is 19.4. The van der Waals surface area contributed by atoms with Crippen molar-refractivity contribution in [1.29, 1.82) is 0 Å². The Hall–Kier alpha value is -2.90. The number of ether oxygens (including phenoxy) is 1. The highest BCUT2D eigenvalue weighted by atomic mass is 16.5. The summed E-state index contributed by atoms with van der Waals surface area (Å²) in [6.07, 6.45) is 5.59. The smallest absolute Gasteiger partial charge is 0.356 e. The van der Waals surface area contributed by atoms with Crippen LogP contribution in [0.2, 0.25) is 0 Å². The molecule has 0 radical (unpaired) electrons. The molecule has 2 rings (SSSR count). The third-order valence-electron chi connectivity index (χ3n) is 4.55. The van der Waals surface area contributed by atoms with Gasteiger partial charge in [0.1, 0.15) is 11.4 Å². The molecule has 0 saturated heterocycles. The summed E-state index contributed by atoms with van der Waals surface area (Å²) in [5.74, 6) is -0.346. The summed E-state index contributed by atoms with van der Waals surface area (Å²) in [7, 11) is 7.38. The van der Waals surface area contributed by atoms with E-state index in [2.05, 4.69) is 15.3 Å². The number of fused-ring (bicyclic) bond motifs is 1. The van der Waals surface area contributed by atoms with Crippen molar-refractivity contribution in [1.82, 2.24) is 10.2 Å². The number of hydrogen-bond donors (Lipinski definition) is 2. The van der Waals surface area contributed by atoms with Crippen LogP contribution in [0.3, 0.4) is 0 Å². The number of phenolic OH excluding ortho intramolecular Hbond substituents is 1. The zero-order valence-electron chi connectivity index (χ0n) is 17.4. The molecule has 154 valence electrons. The molecular weight excluding hydrogens is 358 g/mol. The van der Waals surface area contributed by atoms with Gasteiger partial charge in [-0.15, -0.1) is 0 Å². The van der Waals surface area contributed by atoms with Crippen LogP contribution in [0.15, 0.2) is 29.6 Å². The molecule has 0 aromatic heterocycles. The van der Waals surface area contributed by atoms with Crippen molar-refractivity contribution in [3.63, 3.8) is 0 Å². The molecule has 0 amide bonds. The average molecular weight is 390 g/mol. The fourth-order valence-electron chi connectivity index (χ4n) is 3.13. The van der Waals surface area contributed by atoms with E-state index in [1.54, 1.807) is 39.5 Å². The lowest BCUT2D eigenvalue weighted by atomic mass is 10.0. The summed E-state index contributed by atoms with van der Waals surface area (Å²) >= 11 is 0. The molecule has 1 aliphatic rings. The van der Waals surface area contributed by atoms with Gasteiger partial charge in [-0.25, -0.2) is 4.79 Å². The molecule has 0 fully saturated rings. The molecule has 1 aromatic carbocycles. The highest BCUT2D eigenvalue weighted by Crippen LogP contribution is 2.37. The van der Waals surface area contributed by atoms with Gasteiger partial charge in [-0.05, 0) is 31.4 Å². The predicted octanol–water partition coefficient (Wildman–Crippen LogP) is 1.75. The summed E-state index contributed by atoms with van der Waals surface area (Å²) in [5.41, 5.74) is 3.01. The van der Waals surface area contributed by atoms with E-state index in [1.807, 2.05) is 25.1 Å². The van der Waals surface area contributed by atoms with E-state index in [9.17, 15) is 9.90 Å². The second-order valence-corrected chi connectivity index (χ2v) is 6.81. The van der Waals surface area contributed by atoms with Crippen molar-refractivity contribution < 1.29 is 14.6 Å². The maximum absolute atomic E-state index is 12.4. The van der Waals surface area contributed by atoms with Crippen molar-refractivity contribution in [2.24, 2.45) is 5.10 Å². The van der Waals surface area contributed by atoms with Crippen LogP contribution in [0.5, 0.6) is 5.75 Å². The lowest BCUT2D eigenvalue weighted by Gasteiger charge is -2.29. The lowest BCUT2D eigenvalue weighted by Crippen LogP contribution is -2.32. The fraction of sp³-hybridized carbons (Fsp3) is 0.500. The minimum atomic E-state index is -0.476. The molecule has 0 saturated carbocycles. The lowest BCUT2D eigenvalue weighted by molar-refractivity contribution is -0.135. The van der Waals surface area contributed by atoms with Gasteiger partial charge in [-0.2, -0.15) is 5.10 Å². The van der Waals surface area contributed by atoms with Crippen molar-refractivity contribution >= 4 is 23.1 Å². The summed E-state index contributed by atoms with van der Waals surface area (Å²) in [6.45, 7) is 3.28. The van der Waals surface area contributed by atoms with Crippen LogP contribution in [0.25, 0.3) is 0 Å². The normalized spacial score (nSPS) is 14.0. The van der Waals surface area contributed by atoms with Gasteiger partial charge in [0.15, 0.2) is 5.71 Å². The number of aryl methyl sites for hydroxylation is 1. The first-order valence-electron chi connectivity index (χ1n) is 9.46. The Morgan fingerprint density at radius 2 is 2.18 bits per heavy atom. The third-order valence-corrected chi connectivity index (χ3v) is 4.55. The van der Waals surface area contributed by atoms with Gasteiger partial charge in [-0.3, -0.25) is 5.01 Å². The van der Waals surface area contributed by atoms with Gasteiger partial charge in [0.05, 0.1) is 13.2 Å². The van der Waals surface area contributed by atoms with E-state index >= 15 is 0 Å². The van der Waals surface area contributed by atoms with E-state index in [0.717, 1.165) is 30.6 Å². The molecule has 0 bridgehead atoms. The Bertz CT molecular complexity index is 748. The number of anilines is 2. The number of esters is 1. The Labute approximate surface area is 167 Å². The van der Waals surface area contributed by atoms with Gasteiger partial charge in [-0.1, -0.05) is 0 Å². The van der Waals surface area contributed by atoms with Crippen LogP contribution in [-0.2, 0) is 16.0 Å². The standard InChI is InChI=1S/C20H31N5O3/c1-6-28-20(27)16(14-23(3)11-9-21-2)22-25(5)18-12-15-8-7-10-24(4)17(15)13-19(18)26/h9,11-13,21,26H,6-8,10,14H2,1-5H3/b11-9-,22-16-. The number of hydrogen-bond acceptors (Lipinski definition) is 8. The number of phenols is 1. The van der Waals surface area contributed by atoms with E-state index in [1.165, 1.54) is 5.01 Å². The van der Waals surface area contributed by atoms with Crippen molar-refractivity contribution in [2.45, 2.75) is 19.8 Å². The quantitative estimate of drug-likeness (QED) is 0.398. The summed E-state index contributed by atoms with van der Waals surface area (Å²) in [4.78, 5) is 16.3. The Balaban J connectivity index is 2.31. The zero-order valence-corrected chi connectivity index (χ0v) is 17.4. The van der Waals surface area contributed by atoms with Crippen LogP contribution < -0.4 is 15.2 Å². The van der Waals surface area contributed by atoms with Crippen LogP contribution in [0, 0.1) is 0 Å². The molecule has 2 N–H and O–H groups in total. The number of carbonyl (C=O) groups is 1. The van der Waals surface area contributed by atoms with Crippen LogP contribution >= 0.6 is 0 Å². The van der Waals surface area contributed by atoms with Crippen molar-refractivity contribution in [3.8, 4) is 5.75 Å². The largest absolute Gasteiger partial charge is 0.506 e. The van der Waals surface area contributed by atoms with Gasteiger partial charge >= 0.3 is 5.97 Å². The maximum Gasteiger partial charge on any atom is 0.356 e. The topological polar surface area (TPSA) is 80.6 Å². The van der Waals surface area contributed by atoms with Gasteiger partial charge in [0.2, 0.25) is 0 Å². The second kappa shape index (κ2) is 9.87. The second-order valence-electron chi connectivity index (χ2n) is 6.81. The average Bonchev–Trinajstić information content (AvgIpc) is 2.66. The fourth-order valence-corrected chi connectivity index (χ4v) is 3.13. The summed E-state index contributed by atoms with van der Waals surface area (Å²) in [6, 6.07) is 3.71. The van der Waals surface area contributed by atoms with Crippen LogP contribution in [-0.4, -0.2) is 69.6 Å². The van der Waals surface area contributed by atoms with E-state index < -0.39 is 5.97 Å². The number of benzene rings is 1. The van der Waals surface area contributed by atoms with Gasteiger partial charge in [0, 0.05) is 58.9 Å². The number of rotatable bonds is 8. The minimum absolute atomic E-state index is 0.130. The SMILES string of the molecule is CCOC(=O)/C(CN(C)/C=C\NC)=N\N(C)c1cc2c(cc1O)N(C)CCC2. The van der Waals surface area contributed by atoms with Crippen LogP contribution in [0.1, 0.15) is 18.9 Å². The molecule has 1 aliphatic heterocycles. The van der Waals surface area contributed by atoms with Crippen molar-refractivity contribution in [2.75, 3.05) is 57.8 Å². The number of nitrogens with one attached hydrogen (secondary N) is 1. The molecule has 0 unspecified atom stereocenters. The molecule has 0 spiro atoms. The van der Waals surface area contributed by atoms with Gasteiger partial charge in [0.25, 0.3) is 0 Å². The first-order chi connectivity index (χ1) is 13.4. The third kappa shape index (κ3) is 5.31. The van der Waals surface area contributed by atoms with E-state index in [0.29, 0.717) is 5.69 Å². The molecule has 1 heterocycles. The van der Waals surface area contributed by atoms with E-state index in [4.69, 9.17) is 4.74 Å². The number of hydrazone groups is 1. The molecule has 0 aliphatic carbocycles. The molecule has 1 aromatic rings. The summed E-state index contributed by atoms with van der Waals surface area (Å²) < 4.78 is 5.15. The highest BCUT2D eigenvalue weighted by molar-refractivity contribution is 6.37. The maximum atomic E-state index is 12.4. The number of nitrogens with zero attached hydrogens (tertiary/aromatic N) is 4. The van der Waals surface area contributed by atoms with Crippen molar-refractivity contribution in [3.05, 3.63) is 30.1 Å². The Morgan fingerprint density at radius 3 is 2.86 bits per heavy atom. The highest BCUT2D eigenvalue weighted by Gasteiger charge is 2.20. The number of carbonyl (C=O) groups excluding carboxylic acids is 1. The predicted molar refractivity (Wildman–Crippen MR) is 113 cm³/mol. The minimum Gasteiger partial charge on any atom is -0.506 e. The van der Waals surface area contributed by atoms with Gasteiger partial charge < -0.3 is 25.0 Å². The Morgan fingerprint density at radius 1 is 1.43 bits per heavy atom. The molecule has 8 heteroatoms. The number of aromatic hydroxyl groups is 1.